The average Bonchev–Trinajstić information content (AvgIpc) is 3.02. The minimum Gasteiger partial charge on any atom is -0.335 e. The van der Waals surface area contributed by atoms with Gasteiger partial charge in [-0.25, -0.2) is 9.97 Å². The maximum atomic E-state index is 12.1. The summed E-state index contributed by atoms with van der Waals surface area (Å²) in [7, 11) is 0. The van der Waals surface area contributed by atoms with E-state index in [1.807, 2.05) is 31.5 Å². The first kappa shape index (κ1) is 14.7. The number of carbonyl (C=O) groups is 1. The van der Waals surface area contributed by atoms with Crippen LogP contribution < -0.4 is 5.32 Å². The highest BCUT2D eigenvalue weighted by atomic mass is 16.2. The van der Waals surface area contributed by atoms with Crippen molar-refractivity contribution >= 4 is 11.7 Å². The molecule has 22 heavy (non-hydrogen) atoms. The summed E-state index contributed by atoms with van der Waals surface area (Å²) in [5.74, 6) is 1.76. The third-order valence-corrected chi connectivity index (χ3v) is 3.97. The normalized spacial score (nSPS) is 15.6. The van der Waals surface area contributed by atoms with Gasteiger partial charge in [0.15, 0.2) is 5.82 Å². The fourth-order valence-electron chi connectivity index (χ4n) is 2.37. The summed E-state index contributed by atoms with van der Waals surface area (Å²) < 4.78 is 2.03. The first-order chi connectivity index (χ1) is 10.4. The van der Waals surface area contributed by atoms with Gasteiger partial charge < -0.3 is 9.88 Å². The third-order valence-electron chi connectivity index (χ3n) is 3.97. The van der Waals surface area contributed by atoms with Crippen molar-refractivity contribution in [3.8, 4) is 0 Å². The summed E-state index contributed by atoms with van der Waals surface area (Å²) in [6.07, 6.45) is 7.50. The van der Waals surface area contributed by atoms with E-state index in [9.17, 15) is 4.79 Å². The molecule has 1 aliphatic carbocycles. The number of imidazole rings is 1. The van der Waals surface area contributed by atoms with Gasteiger partial charge in [-0.05, 0) is 18.8 Å². The Hall–Kier alpha value is -2.18. The molecule has 0 unspecified atom stereocenters. The lowest BCUT2D eigenvalue weighted by Crippen LogP contribution is -2.17. The van der Waals surface area contributed by atoms with Crippen molar-refractivity contribution in [3.63, 3.8) is 0 Å². The summed E-state index contributed by atoms with van der Waals surface area (Å²) in [5.41, 5.74) is -0.171. The van der Waals surface area contributed by atoms with Gasteiger partial charge in [0.25, 0.3) is 5.91 Å². The van der Waals surface area contributed by atoms with E-state index in [0.29, 0.717) is 11.6 Å². The van der Waals surface area contributed by atoms with Gasteiger partial charge in [-0.1, -0.05) is 27.2 Å². The zero-order valence-corrected chi connectivity index (χ0v) is 13.3. The van der Waals surface area contributed by atoms with E-state index in [2.05, 4.69) is 25.5 Å². The molecule has 1 saturated carbocycles. The molecule has 0 radical (unpaired) electrons. The first-order valence-electron chi connectivity index (χ1n) is 7.68. The SMILES string of the molecule is CC(C)(C)c1nc(C(=O)Nc2cn(CC3CCC3)cn2)n[nH]1. The largest absolute Gasteiger partial charge is 0.335 e. The first-order valence-corrected chi connectivity index (χ1v) is 7.68. The average molecular weight is 302 g/mol. The summed E-state index contributed by atoms with van der Waals surface area (Å²) >= 11 is 0. The van der Waals surface area contributed by atoms with Crippen molar-refractivity contribution in [2.24, 2.45) is 5.92 Å². The fourth-order valence-corrected chi connectivity index (χ4v) is 2.37. The highest BCUT2D eigenvalue weighted by Crippen LogP contribution is 2.28. The second kappa shape index (κ2) is 5.55. The van der Waals surface area contributed by atoms with Crippen LogP contribution >= 0.6 is 0 Å². The summed E-state index contributed by atoms with van der Waals surface area (Å²) in [6.45, 7) is 7.00. The lowest BCUT2D eigenvalue weighted by molar-refractivity contribution is 0.101. The van der Waals surface area contributed by atoms with Crippen LogP contribution in [-0.4, -0.2) is 30.6 Å². The van der Waals surface area contributed by atoms with Crippen molar-refractivity contribution < 1.29 is 4.79 Å². The van der Waals surface area contributed by atoms with E-state index < -0.39 is 0 Å². The van der Waals surface area contributed by atoms with Crippen LogP contribution in [0, 0.1) is 5.92 Å². The number of H-pyrrole nitrogens is 1. The number of aromatic nitrogens is 5. The van der Waals surface area contributed by atoms with Crippen LogP contribution in [0.5, 0.6) is 0 Å². The predicted molar refractivity (Wildman–Crippen MR) is 82.6 cm³/mol. The fraction of sp³-hybridized carbons (Fsp3) is 0.600. The molecule has 0 spiro atoms. The van der Waals surface area contributed by atoms with E-state index in [1.54, 1.807) is 6.33 Å². The van der Waals surface area contributed by atoms with Gasteiger partial charge >= 0.3 is 0 Å². The molecule has 1 aliphatic rings. The number of anilines is 1. The molecule has 1 amide bonds. The van der Waals surface area contributed by atoms with Crippen LogP contribution in [0.25, 0.3) is 0 Å². The molecule has 0 aliphatic heterocycles. The Kier molecular flexibility index (Phi) is 3.72. The van der Waals surface area contributed by atoms with Crippen LogP contribution in [0.3, 0.4) is 0 Å². The maximum absolute atomic E-state index is 12.1. The van der Waals surface area contributed by atoms with Crippen molar-refractivity contribution in [1.29, 1.82) is 0 Å². The quantitative estimate of drug-likeness (QED) is 0.907. The Labute approximate surface area is 129 Å². The van der Waals surface area contributed by atoms with Crippen molar-refractivity contribution in [3.05, 3.63) is 24.2 Å². The van der Waals surface area contributed by atoms with E-state index in [4.69, 9.17) is 0 Å². The second-order valence-corrected chi connectivity index (χ2v) is 6.96. The minimum atomic E-state index is -0.347. The monoisotopic (exact) mass is 302 g/mol. The minimum absolute atomic E-state index is 0.137. The summed E-state index contributed by atoms with van der Waals surface area (Å²) in [4.78, 5) is 20.6. The molecule has 2 heterocycles. The van der Waals surface area contributed by atoms with Gasteiger partial charge in [0.05, 0.1) is 6.33 Å². The van der Waals surface area contributed by atoms with Gasteiger partial charge in [-0.3, -0.25) is 9.89 Å². The Morgan fingerprint density at radius 1 is 1.45 bits per heavy atom. The molecule has 2 aromatic rings. The molecule has 7 heteroatoms. The van der Waals surface area contributed by atoms with E-state index in [0.717, 1.165) is 12.5 Å². The molecule has 1 fully saturated rings. The third kappa shape index (κ3) is 3.18. The molecule has 0 aromatic carbocycles. The molecule has 118 valence electrons. The number of hydrogen-bond donors (Lipinski definition) is 2. The van der Waals surface area contributed by atoms with Gasteiger partial charge in [0.2, 0.25) is 5.82 Å². The molecule has 2 N–H and O–H groups in total. The van der Waals surface area contributed by atoms with Gasteiger partial charge in [0, 0.05) is 18.2 Å². The Bertz CT molecular complexity index is 662. The molecule has 0 saturated heterocycles. The Morgan fingerprint density at radius 3 is 2.82 bits per heavy atom. The maximum Gasteiger partial charge on any atom is 0.296 e. The summed E-state index contributed by atoms with van der Waals surface area (Å²) in [6, 6.07) is 0. The number of nitrogens with zero attached hydrogens (tertiary/aromatic N) is 4. The van der Waals surface area contributed by atoms with Crippen LogP contribution in [0.4, 0.5) is 5.82 Å². The van der Waals surface area contributed by atoms with Crippen molar-refractivity contribution in [2.45, 2.75) is 52.0 Å². The molecular weight excluding hydrogens is 280 g/mol. The lowest BCUT2D eigenvalue weighted by Gasteiger charge is -2.25. The van der Waals surface area contributed by atoms with E-state index >= 15 is 0 Å². The van der Waals surface area contributed by atoms with Gasteiger partial charge in [-0.15, -0.1) is 5.10 Å². The highest BCUT2D eigenvalue weighted by molar-refractivity contribution is 6.00. The van der Waals surface area contributed by atoms with Crippen molar-refractivity contribution in [2.75, 3.05) is 5.32 Å². The van der Waals surface area contributed by atoms with E-state index in [-0.39, 0.29) is 17.1 Å². The van der Waals surface area contributed by atoms with Crippen LogP contribution in [0.1, 0.15) is 56.5 Å². The van der Waals surface area contributed by atoms with E-state index in [1.165, 1.54) is 19.3 Å². The molecule has 0 atom stereocenters. The zero-order valence-electron chi connectivity index (χ0n) is 13.3. The number of amides is 1. The topological polar surface area (TPSA) is 88.5 Å². The number of carbonyl (C=O) groups excluding carboxylic acids is 1. The number of nitrogens with one attached hydrogen (secondary N) is 2. The number of aromatic amines is 1. The lowest BCUT2D eigenvalue weighted by atomic mass is 9.85. The molecule has 0 bridgehead atoms. The van der Waals surface area contributed by atoms with Crippen LogP contribution in [0.2, 0.25) is 0 Å². The number of rotatable bonds is 4. The highest BCUT2D eigenvalue weighted by Gasteiger charge is 2.22. The van der Waals surface area contributed by atoms with Gasteiger partial charge in [-0.2, -0.15) is 0 Å². The predicted octanol–water partition coefficient (Wildman–Crippen LogP) is 2.35. The molecule has 2 aromatic heterocycles. The molecule has 3 rings (SSSR count). The standard InChI is InChI=1S/C15H22N6O/c1-15(2,3)14-18-12(19-20-14)13(22)17-11-8-21(9-16-11)7-10-5-4-6-10/h8-10H,4-7H2,1-3H3,(H,17,22)(H,18,19,20). The summed E-state index contributed by atoms with van der Waals surface area (Å²) in [5, 5.41) is 9.52. The zero-order chi connectivity index (χ0) is 15.7. The number of hydrogen-bond acceptors (Lipinski definition) is 4. The van der Waals surface area contributed by atoms with Crippen LogP contribution in [0.15, 0.2) is 12.5 Å². The Morgan fingerprint density at radius 2 is 2.23 bits per heavy atom. The van der Waals surface area contributed by atoms with Crippen LogP contribution in [-0.2, 0) is 12.0 Å². The van der Waals surface area contributed by atoms with Crippen molar-refractivity contribution in [1.82, 2.24) is 24.7 Å². The van der Waals surface area contributed by atoms with Gasteiger partial charge in [0.1, 0.15) is 5.82 Å². The Balaban J connectivity index is 1.62. The molecule has 7 nitrogen and oxygen atoms in total. The molecular formula is C15H22N6O. The smallest absolute Gasteiger partial charge is 0.296 e. The second-order valence-electron chi connectivity index (χ2n) is 6.96.